The summed E-state index contributed by atoms with van der Waals surface area (Å²) in [6, 6.07) is 24.4. The molecule has 0 spiro atoms. The number of oxazole rings is 1. The van der Waals surface area contributed by atoms with Crippen molar-refractivity contribution in [2.45, 2.75) is 18.2 Å². The van der Waals surface area contributed by atoms with E-state index in [1.807, 2.05) is 61.5 Å². The molecule has 0 fully saturated rings. The van der Waals surface area contributed by atoms with Gasteiger partial charge in [-0.15, -0.1) is 0 Å². The lowest BCUT2D eigenvalue weighted by atomic mass is 10.0. The molecule has 0 atom stereocenters. The van der Waals surface area contributed by atoms with Crippen LogP contribution in [-0.2, 0) is 20.7 Å². The highest BCUT2D eigenvalue weighted by Crippen LogP contribution is 2.29. The minimum absolute atomic E-state index is 0.0779. The van der Waals surface area contributed by atoms with E-state index in [1.165, 1.54) is 19.2 Å². The Hall–Kier alpha value is -3.42. The number of aromatic nitrogens is 1. The van der Waals surface area contributed by atoms with Crippen molar-refractivity contribution in [3.8, 4) is 28.5 Å². The fourth-order valence-corrected chi connectivity index (χ4v) is 4.14. The van der Waals surface area contributed by atoms with Crippen molar-refractivity contribution >= 4 is 10.1 Å². The van der Waals surface area contributed by atoms with Gasteiger partial charge in [-0.1, -0.05) is 60.2 Å². The van der Waals surface area contributed by atoms with E-state index in [0.717, 1.165) is 22.3 Å². The van der Waals surface area contributed by atoms with E-state index in [4.69, 9.17) is 13.3 Å². The molecule has 0 N–H and O–H groups in total. The first-order valence-corrected chi connectivity index (χ1v) is 11.5. The lowest BCUT2D eigenvalue weighted by molar-refractivity contribution is 0.293. The second kappa shape index (κ2) is 9.38. The van der Waals surface area contributed by atoms with Gasteiger partial charge in [-0.2, -0.15) is 8.42 Å². The van der Waals surface area contributed by atoms with Crippen LogP contribution in [0.2, 0.25) is 0 Å². The zero-order valence-electron chi connectivity index (χ0n) is 17.8. The van der Waals surface area contributed by atoms with Gasteiger partial charge in [-0.3, -0.25) is 4.18 Å². The first kappa shape index (κ1) is 21.8. The third kappa shape index (κ3) is 4.90. The predicted molar refractivity (Wildman–Crippen MR) is 122 cm³/mol. The van der Waals surface area contributed by atoms with E-state index >= 15 is 0 Å². The van der Waals surface area contributed by atoms with Crippen LogP contribution in [0.1, 0.15) is 11.3 Å². The summed E-state index contributed by atoms with van der Waals surface area (Å²) in [5.41, 5.74) is 4.47. The van der Waals surface area contributed by atoms with Gasteiger partial charge in [0.2, 0.25) is 5.89 Å². The van der Waals surface area contributed by atoms with Gasteiger partial charge in [-0.05, 0) is 42.3 Å². The second-order valence-corrected chi connectivity index (χ2v) is 8.86. The number of benzene rings is 3. The Morgan fingerprint density at radius 2 is 1.47 bits per heavy atom. The second-order valence-electron chi connectivity index (χ2n) is 7.24. The molecule has 0 aliphatic rings. The van der Waals surface area contributed by atoms with Gasteiger partial charge in [-0.25, -0.2) is 4.98 Å². The Bertz CT molecular complexity index is 1280. The summed E-state index contributed by atoms with van der Waals surface area (Å²) in [4.78, 5) is 4.61. The summed E-state index contributed by atoms with van der Waals surface area (Å²) in [7, 11) is -2.36. The van der Waals surface area contributed by atoms with Gasteiger partial charge in [0.1, 0.15) is 5.69 Å². The highest BCUT2D eigenvalue weighted by atomic mass is 32.2. The maximum absolute atomic E-state index is 12.4. The van der Waals surface area contributed by atoms with E-state index in [2.05, 4.69) is 4.98 Å². The van der Waals surface area contributed by atoms with Crippen LogP contribution in [0.15, 0.2) is 88.2 Å². The van der Waals surface area contributed by atoms with Crippen LogP contribution in [0.5, 0.6) is 5.95 Å². The van der Waals surface area contributed by atoms with Crippen LogP contribution >= 0.6 is 0 Å². The van der Waals surface area contributed by atoms with Crippen molar-refractivity contribution < 1.29 is 21.8 Å². The van der Waals surface area contributed by atoms with Crippen molar-refractivity contribution in [3.05, 3.63) is 90.1 Å². The quantitative estimate of drug-likeness (QED) is 0.341. The van der Waals surface area contributed by atoms with E-state index < -0.39 is 10.1 Å². The molecule has 0 saturated heterocycles. The van der Waals surface area contributed by atoms with Crippen LogP contribution in [0.25, 0.3) is 22.6 Å². The molecule has 32 heavy (non-hydrogen) atoms. The molecular weight excluding hydrogens is 426 g/mol. The highest BCUT2D eigenvalue weighted by Gasteiger charge is 2.19. The lowest BCUT2D eigenvalue weighted by Crippen LogP contribution is -2.09. The van der Waals surface area contributed by atoms with E-state index in [0.29, 0.717) is 11.6 Å². The average Bonchev–Trinajstić information content (AvgIpc) is 3.23. The fourth-order valence-electron chi connectivity index (χ4n) is 3.24. The number of hydrogen-bond donors (Lipinski definition) is 0. The number of nitrogens with zero attached hydrogens (tertiary/aromatic N) is 1. The molecule has 0 amide bonds. The first-order valence-electron chi connectivity index (χ1n) is 10.1. The first-order chi connectivity index (χ1) is 15.5. The van der Waals surface area contributed by atoms with E-state index in [9.17, 15) is 8.42 Å². The van der Waals surface area contributed by atoms with Gasteiger partial charge in [0, 0.05) is 12.0 Å². The number of hydrogen-bond acceptors (Lipinski definition) is 6. The Morgan fingerprint density at radius 1 is 0.844 bits per heavy atom. The van der Waals surface area contributed by atoms with Gasteiger partial charge < -0.3 is 9.15 Å². The van der Waals surface area contributed by atoms with Crippen molar-refractivity contribution in [2.24, 2.45) is 0 Å². The van der Waals surface area contributed by atoms with Crippen LogP contribution in [-0.4, -0.2) is 27.1 Å². The van der Waals surface area contributed by atoms with Gasteiger partial charge >= 0.3 is 5.95 Å². The monoisotopic (exact) mass is 449 g/mol. The molecule has 3 aromatic carbocycles. The molecule has 4 aromatic rings. The van der Waals surface area contributed by atoms with Crippen molar-refractivity contribution in [3.63, 3.8) is 0 Å². The van der Waals surface area contributed by atoms with Gasteiger partial charge in [0.25, 0.3) is 10.1 Å². The maximum atomic E-state index is 12.4. The Balaban J connectivity index is 1.46. The van der Waals surface area contributed by atoms with Crippen LogP contribution < -0.4 is 4.74 Å². The zero-order chi connectivity index (χ0) is 22.6. The maximum Gasteiger partial charge on any atom is 0.308 e. The molecule has 0 radical (unpaired) electrons. The minimum atomic E-state index is -3.84. The molecule has 0 unspecified atom stereocenters. The molecule has 0 saturated carbocycles. The Kier molecular flexibility index (Phi) is 6.39. The largest absolute Gasteiger partial charge is 0.467 e. The van der Waals surface area contributed by atoms with Gasteiger partial charge in [0.05, 0.1) is 18.6 Å². The van der Waals surface area contributed by atoms with Crippen LogP contribution in [0.3, 0.4) is 0 Å². The van der Waals surface area contributed by atoms with Gasteiger partial charge in [0.15, 0.2) is 0 Å². The topological polar surface area (TPSA) is 78.6 Å². The standard InChI is InChI=1S/C25H23NO5S/c1-18-8-14-22(15-9-18)32(27,28)30-17-16-23-25(29-2)31-24(26-23)21-12-10-20(11-13-21)19-6-4-3-5-7-19/h3-15H,16-17H2,1-2H3. The molecule has 0 aliphatic heterocycles. The molecule has 6 nitrogen and oxygen atoms in total. The third-order valence-electron chi connectivity index (χ3n) is 4.97. The minimum Gasteiger partial charge on any atom is -0.467 e. The van der Waals surface area contributed by atoms with E-state index in [1.54, 1.807) is 12.1 Å². The molecule has 4 rings (SSSR count). The predicted octanol–water partition coefficient (Wildman–Crippen LogP) is 5.27. The molecule has 1 aromatic heterocycles. The van der Waals surface area contributed by atoms with E-state index in [-0.39, 0.29) is 23.9 Å². The summed E-state index contributed by atoms with van der Waals surface area (Å²) < 4.78 is 40.9. The molecule has 0 aliphatic carbocycles. The average molecular weight is 450 g/mol. The molecule has 1 heterocycles. The van der Waals surface area contributed by atoms with Crippen molar-refractivity contribution in [2.75, 3.05) is 13.7 Å². The highest BCUT2D eigenvalue weighted by molar-refractivity contribution is 7.86. The Labute approximate surface area is 187 Å². The summed E-state index contributed by atoms with van der Waals surface area (Å²) in [6.07, 6.45) is 0.222. The summed E-state index contributed by atoms with van der Waals surface area (Å²) >= 11 is 0. The molecule has 164 valence electrons. The van der Waals surface area contributed by atoms with Crippen LogP contribution in [0.4, 0.5) is 0 Å². The summed E-state index contributed by atoms with van der Waals surface area (Å²) in [6.45, 7) is 1.81. The number of methoxy groups -OCH3 is 1. The molecule has 7 heteroatoms. The lowest BCUT2D eigenvalue weighted by Gasteiger charge is -2.05. The van der Waals surface area contributed by atoms with Crippen LogP contribution in [0, 0.1) is 6.92 Å². The number of rotatable bonds is 8. The van der Waals surface area contributed by atoms with Crippen molar-refractivity contribution in [1.29, 1.82) is 0 Å². The summed E-state index contributed by atoms with van der Waals surface area (Å²) in [5.74, 6) is 0.640. The molecular formula is C25H23NO5S. The normalized spacial score (nSPS) is 11.4. The summed E-state index contributed by atoms with van der Waals surface area (Å²) in [5, 5.41) is 0. The smallest absolute Gasteiger partial charge is 0.308 e. The Morgan fingerprint density at radius 3 is 2.12 bits per heavy atom. The third-order valence-corrected chi connectivity index (χ3v) is 6.30. The number of ether oxygens (including phenoxy) is 1. The molecule has 0 bridgehead atoms. The zero-order valence-corrected chi connectivity index (χ0v) is 18.6. The SMILES string of the molecule is COc1oc(-c2ccc(-c3ccccc3)cc2)nc1CCOS(=O)(=O)c1ccc(C)cc1. The fraction of sp³-hybridized carbons (Fsp3) is 0.160. The van der Waals surface area contributed by atoms with Crippen molar-refractivity contribution in [1.82, 2.24) is 4.98 Å². The number of aryl methyl sites for hydroxylation is 1.